The van der Waals surface area contributed by atoms with Crippen molar-refractivity contribution in [2.45, 2.75) is 19.5 Å². The van der Waals surface area contributed by atoms with Crippen LogP contribution < -0.4 is 5.32 Å². The zero-order valence-electron chi connectivity index (χ0n) is 12.3. The molecule has 14 heavy (non-hydrogen) atoms. The third-order valence-corrected chi connectivity index (χ3v) is 2.18. The van der Waals surface area contributed by atoms with Crippen LogP contribution in [0.25, 0.3) is 0 Å². The topological polar surface area (TPSA) is 15.3 Å². The average Bonchev–Trinajstić information content (AvgIpc) is 2.27. The molecular formula is C12H18N2. The molecule has 1 aromatic rings. The smallest absolute Gasteiger partial charge is 0.0447 e. The Hall–Kier alpha value is -0.860. The van der Waals surface area contributed by atoms with E-state index < -0.39 is 19.0 Å². The number of hydrogen-bond donors (Lipinski definition) is 1. The van der Waals surface area contributed by atoms with Crippen LogP contribution in [0.4, 0.5) is 0 Å². The Morgan fingerprint density at radius 1 is 1.50 bits per heavy atom. The van der Waals surface area contributed by atoms with Crippen molar-refractivity contribution in [3.05, 3.63) is 35.9 Å². The van der Waals surface area contributed by atoms with Crippen LogP contribution in [0.5, 0.6) is 0 Å². The summed E-state index contributed by atoms with van der Waals surface area (Å²) >= 11 is 0. The Morgan fingerprint density at radius 3 is 3.07 bits per heavy atom. The lowest BCUT2D eigenvalue weighted by molar-refractivity contribution is 0.199. The predicted octanol–water partition coefficient (Wildman–Crippen LogP) is 1.48. The first-order valence-electron chi connectivity index (χ1n) is 6.88. The molecule has 1 aliphatic rings. The fourth-order valence-corrected chi connectivity index (χ4v) is 1.55. The minimum Gasteiger partial charge on any atom is -0.312 e. The summed E-state index contributed by atoms with van der Waals surface area (Å²) in [6.07, 6.45) is 0. The third-order valence-electron chi connectivity index (χ3n) is 2.18. The number of nitrogens with one attached hydrogen (secondary N) is 1. The normalized spacial score (nSPS) is 35.1. The lowest BCUT2D eigenvalue weighted by Crippen LogP contribution is -2.48. The van der Waals surface area contributed by atoms with Crippen LogP contribution in [0.15, 0.2) is 30.3 Å². The maximum Gasteiger partial charge on any atom is 0.0447 e. The predicted molar refractivity (Wildman–Crippen MR) is 59.2 cm³/mol. The van der Waals surface area contributed by atoms with Crippen LogP contribution in [-0.2, 0) is 6.54 Å². The fraction of sp³-hybridized carbons (Fsp3) is 0.500. The molecule has 0 spiro atoms. The summed E-state index contributed by atoms with van der Waals surface area (Å²) in [5.41, 5.74) is 0.992. The number of piperazine rings is 1. The van der Waals surface area contributed by atoms with E-state index in [9.17, 15) is 0 Å². The van der Waals surface area contributed by atoms with Crippen molar-refractivity contribution >= 4 is 0 Å². The molecule has 1 aromatic carbocycles. The molecule has 0 amide bonds. The Balaban J connectivity index is 2.19. The van der Waals surface area contributed by atoms with E-state index in [2.05, 4.69) is 5.32 Å². The molecule has 2 nitrogen and oxygen atoms in total. The summed E-state index contributed by atoms with van der Waals surface area (Å²) in [4.78, 5) is 1.56. The standard InChI is InChI=1S/C12H18N2/c1-11-9-14(8-7-13-11)10-12-5-3-2-4-6-12/h2-6,11,13H,7-10H2,1H3/i7D2,9D2. The highest BCUT2D eigenvalue weighted by Crippen LogP contribution is 2.06. The van der Waals surface area contributed by atoms with Crippen LogP contribution in [0.3, 0.4) is 0 Å². The van der Waals surface area contributed by atoms with Gasteiger partial charge in [-0.2, -0.15) is 0 Å². The molecular weight excluding hydrogens is 172 g/mol. The van der Waals surface area contributed by atoms with Crippen LogP contribution in [0, 0.1) is 0 Å². The van der Waals surface area contributed by atoms with E-state index in [-0.39, 0.29) is 6.54 Å². The Morgan fingerprint density at radius 2 is 2.29 bits per heavy atom. The molecule has 1 heterocycles. The van der Waals surface area contributed by atoms with Gasteiger partial charge in [0.25, 0.3) is 0 Å². The lowest BCUT2D eigenvalue weighted by Gasteiger charge is -2.31. The highest BCUT2D eigenvalue weighted by atomic mass is 15.2. The van der Waals surface area contributed by atoms with E-state index in [1.807, 2.05) is 30.3 Å². The first-order valence-corrected chi connectivity index (χ1v) is 4.88. The maximum absolute atomic E-state index is 8.08. The molecule has 2 heteroatoms. The zero-order chi connectivity index (χ0) is 13.4. The van der Waals surface area contributed by atoms with Gasteiger partial charge in [-0.3, -0.25) is 4.90 Å². The number of hydrogen-bond acceptors (Lipinski definition) is 2. The van der Waals surface area contributed by atoms with Gasteiger partial charge in [0.15, 0.2) is 0 Å². The Bertz CT molecular complexity index is 408. The molecule has 0 saturated carbocycles. The number of rotatable bonds is 2. The van der Waals surface area contributed by atoms with Gasteiger partial charge in [-0.25, -0.2) is 0 Å². The van der Waals surface area contributed by atoms with Gasteiger partial charge < -0.3 is 5.32 Å². The maximum atomic E-state index is 8.08. The fourth-order valence-electron chi connectivity index (χ4n) is 1.55. The molecule has 76 valence electrons. The lowest BCUT2D eigenvalue weighted by atomic mass is 10.2. The summed E-state index contributed by atoms with van der Waals surface area (Å²) < 4.78 is 31.7. The molecule has 2 rings (SSSR count). The molecule has 0 aromatic heterocycles. The van der Waals surface area contributed by atoms with E-state index in [1.165, 1.54) is 0 Å². The van der Waals surface area contributed by atoms with Gasteiger partial charge in [0.1, 0.15) is 0 Å². The van der Waals surface area contributed by atoms with Gasteiger partial charge in [-0.05, 0) is 12.5 Å². The molecule has 1 atom stereocenters. The minimum atomic E-state index is -1.56. The SMILES string of the molecule is [2H]C1([2H])CN(Cc2ccccc2)C([2H])([2H])C(C)N1. The summed E-state index contributed by atoms with van der Waals surface area (Å²) in [5.74, 6) is 0. The van der Waals surface area contributed by atoms with Crippen molar-refractivity contribution in [3.8, 4) is 0 Å². The van der Waals surface area contributed by atoms with E-state index in [4.69, 9.17) is 5.48 Å². The second-order valence-electron chi connectivity index (χ2n) is 3.51. The average molecular weight is 194 g/mol. The first kappa shape index (κ1) is 5.89. The molecule has 1 unspecified atom stereocenters. The largest absolute Gasteiger partial charge is 0.312 e. The second-order valence-corrected chi connectivity index (χ2v) is 3.51. The van der Waals surface area contributed by atoms with Crippen molar-refractivity contribution in [1.29, 1.82) is 0 Å². The van der Waals surface area contributed by atoms with Gasteiger partial charge in [0, 0.05) is 37.6 Å². The van der Waals surface area contributed by atoms with Crippen molar-refractivity contribution in [3.63, 3.8) is 0 Å². The van der Waals surface area contributed by atoms with Crippen molar-refractivity contribution in [1.82, 2.24) is 10.2 Å². The highest BCUT2D eigenvalue weighted by molar-refractivity contribution is 5.14. The molecule has 1 saturated heterocycles. The minimum absolute atomic E-state index is 0.0409. The molecule has 0 aliphatic carbocycles. The highest BCUT2D eigenvalue weighted by Gasteiger charge is 2.14. The van der Waals surface area contributed by atoms with Crippen LogP contribution in [-0.4, -0.2) is 30.5 Å². The van der Waals surface area contributed by atoms with Crippen molar-refractivity contribution < 1.29 is 5.48 Å². The number of nitrogens with zero attached hydrogens (tertiary/aromatic N) is 1. The second kappa shape index (κ2) is 4.58. The molecule has 1 fully saturated rings. The molecule has 0 radical (unpaired) electrons. The van der Waals surface area contributed by atoms with Gasteiger partial charge in [0.2, 0.25) is 0 Å². The van der Waals surface area contributed by atoms with Gasteiger partial charge in [-0.15, -0.1) is 0 Å². The van der Waals surface area contributed by atoms with E-state index in [0.29, 0.717) is 6.54 Å². The first-order chi connectivity index (χ1) is 8.31. The summed E-state index contributed by atoms with van der Waals surface area (Å²) in [6.45, 7) is -0.977. The van der Waals surface area contributed by atoms with Crippen LogP contribution in [0.2, 0.25) is 0 Å². The van der Waals surface area contributed by atoms with Gasteiger partial charge in [-0.1, -0.05) is 30.3 Å². The van der Waals surface area contributed by atoms with Crippen LogP contribution in [0.1, 0.15) is 18.0 Å². The third kappa shape index (κ3) is 2.56. The number of benzene rings is 1. The Kier molecular flexibility index (Phi) is 1.92. The van der Waals surface area contributed by atoms with Crippen LogP contribution >= 0.6 is 0 Å². The van der Waals surface area contributed by atoms with E-state index in [1.54, 1.807) is 11.8 Å². The van der Waals surface area contributed by atoms with E-state index >= 15 is 0 Å². The quantitative estimate of drug-likeness (QED) is 0.767. The van der Waals surface area contributed by atoms with Gasteiger partial charge in [0.05, 0.1) is 0 Å². The molecule has 1 N–H and O–H groups in total. The van der Waals surface area contributed by atoms with Crippen molar-refractivity contribution in [2.24, 2.45) is 0 Å². The van der Waals surface area contributed by atoms with E-state index in [0.717, 1.165) is 5.56 Å². The van der Waals surface area contributed by atoms with Gasteiger partial charge >= 0.3 is 0 Å². The molecule has 1 aliphatic heterocycles. The summed E-state index contributed by atoms with van der Waals surface area (Å²) in [7, 11) is 0. The Labute approximate surface area is 91.5 Å². The monoisotopic (exact) mass is 194 g/mol. The summed E-state index contributed by atoms with van der Waals surface area (Å²) in [5, 5.41) is 2.68. The molecule has 0 bridgehead atoms. The zero-order valence-corrected chi connectivity index (χ0v) is 8.33. The summed E-state index contributed by atoms with van der Waals surface area (Å²) in [6, 6.07) is 9.04. The van der Waals surface area contributed by atoms with Crippen molar-refractivity contribution in [2.75, 3.05) is 19.5 Å².